The number of benzene rings is 2. The molecule has 4 rings (SSSR count). The van der Waals surface area contributed by atoms with Crippen LogP contribution >= 0.6 is 0 Å². The lowest BCUT2D eigenvalue weighted by molar-refractivity contribution is -0.116. The van der Waals surface area contributed by atoms with Crippen molar-refractivity contribution in [3.8, 4) is 11.3 Å². The highest BCUT2D eigenvalue weighted by molar-refractivity contribution is 6.33. The summed E-state index contributed by atoms with van der Waals surface area (Å²) < 4.78 is 0. The number of primary amides is 2. The molecule has 0 radical (unpaired) electrons. The molecule has 1 aromatic heterocycles. The van der Waals surface area contributed by atoms with E-state index in [1.165, 1.54) is 6.08 Å². The lowest BCUT2D eigenvalue weighted by Crippen LogP contribution is -2.19. The lowest BCUT2D eigenvalue weighted by Gasteiger charge is -2.06. The molecule has 0 bridgehead atoms. The second-order valence-electron chi connectivity index (χ2n) is 6.96. The zero-order chi connectivity index (χ0) is 23.5. The van der Waals surface area contributed by atoms with Crippen molar-refractivity contribution in [3.05, 3.63) is 75.6 Å². The van der Waals surface area contributed by atoms with Crippen LogP contribution in [0.1, 0.15) is 11.1 Å². The highest BCUT2D eigenvalue weighted by atomic mass is 16.2. The predicted molar refractivity (Wildman–Crippen MR) is 122 cm³/mol. The summed E-state index contributed by atoms with van der Waals surface area (Å²) in [6, 6.07) is 11.8. The first-order valence-corrected chi connectivity index (χ1v) is 9.56. The molecule has 0 atom stereocenters. The predicted octanol–water partition coefficient (Wildman–Crippen LogP) is 1.27. The summed E-state index contributed by atoms with van der Waals surface area (Å²) in [5, 5.41) is 14.3. The smallest absolute Gasteiger partial charge is 0.316 e. The normalized spacial score (nSPS) is 14.0. The Kier molecular flexibility index (Phi) is 5.47. The van der Waals surface area contributed by atoms with Crippen LogP contribution in [0.25, 0.3) is 17.3 Å². The number of carbonyl (C=O) groups is 3. The summed E-state index contributed by atoms with van der Waals surface area (Å²) in [7, 11) is 0. The van der Waals surface area contributed by atoms with Gasteiger partial charge in [0.2, 0.25) is 0 Å². The molecule has 33 heavy (non-hydrogen) atoms. The van der Waals surface area contributed by atoms with Crippen LogP contribution in [0.3, 0.4) is 0 Å². The Morgan fingerprint density at radius 1 is 0.818 bits per heavy atom. The van der Waals surface area contributed by atoms with Gasteiger partial charge in [0.1, 0.15) is 5.71 Å². The minimum atomic E-state index is -0.698. The van der Waals surface area contributed by atoms with Crippen LogP contribution in [0.4, 0.5) is 21.0 Å². The minimum Gasteiger partial charge on any atom is -0.351 e. The Balaban J connectivity index is 1.68. The van der Waals surface area contributed by atoms with E-state index in [0.717, 1.165) is 0 Å². The summed E-state index contributed by atoms with van der Waals surface area (Å²) in [6.45, 7) is 0. The number of hydrogen-bond acceptors (Lipinski definition) is 5. The second kappa shape index (κ2) is 8.55. The van der Waals surface area contributed by atoms with E-state index in [4.69, 9.17) is 11.5 Å². The molecule has 5 amide bonds. The number of anilines is 2. The van der Waals surface area contributed by atoms with Gasteiger partial charge in [0, 0.05) is 22.5 Å². The molecule has 1 aliphatic heterocycles. The zero-order valence-electron chi connectivity index (χ0n) is 16.9. The Morgan fingerprint density at radius 3 is 1.91 bits per heavy atom. The van der Waals surface area contributed by atoms with Crippen molar-refractivity contribution >= 4 is 41.1 Å². The Labute approximate surface area is 185 Å². The number of hydrogen-bond donors (Lipinski definition) is 7. The van der Waals surface area contributed by atoms with Gasteiger partial charge < -0.3 is 22.1 Å². The first-order valence-electron chi connectivity index (χ1n) is 9.56. The molecule has 0 saturated heterocycles. The summed E-state index contributed by atoms with van der Waals surface area (Å²) >= 11 is 0. The van der Waals surface area contributed by atoms with Gasteiger partial charge in [0.05, 0.1) is 16.8 Å². The van der Waals surface area contributed by atoms with Gasteiger partial charge in [-0.25, -0.2) is 15.0 Å². The van der Waals surface area contributed by atoms with E-state index >= 15 is 0 Å². The summed E-state index contributed by atoms with van der Waals surface area (Å²) in [5.74, 6) is -0.475. The molecule has 3 aromatic rings. The van der Waals surface area contributed by atoms with Crippen LogP contribution in [0, 0.1) is 0 Å². The molecule has 12 heteroatoms. The molecular formula is C21H18N8O4. The molecule has 0 unspecified atom stereocenters. The fourth-order valence-corrected chi connectivity index (χ4v) is 3.28. The third-order valence-electron chi connectivity index (χ3n) is 4.74. The lowest BCUT2D eigenvalue weighted by atomic mass is 9.99. The fraction of sp³-hybridized carbons (Fsp3) is 0. The summed E-state index contributed by atoms with van der Waals surface area (Å²) in [4.78, 5) is 46.9. The Morgan fingerprint density at radius 2 is 1.36 bits per heavy atom. The van der Waals surface area contributed by atoms with Crippen molar-refractivity contribution in [2.24, 2.45) is 16.6 Å². The van der Waals surface area contributed by atoms with E-state index in [0.29, 0.717) is 33.9 Å². The van der Waals surface area contributed by atoms with Crippen LogP contribution in [0.15, 0.2) is 64.0 Å². The highest BCUT2D eigenvalue weighted by Gasteiger charge is 2.25. The first-order chi connectivity index (χ1) is 15.8. The number of hydrazone groups is 1. The molecule has 0 fully saturated rings. The largest absolute Gasteiger partial charge is 0.351 e. The second-order valence-corrected chi connectivity index (χ2v) is 6.96. The molecule has 9 N–H and O–H groups in total. The molecular weight excluding hydrogens is 428 g/mol. The Bertz CT molecular complexity index is 1360. The molecule has 0 spiro atoms. The van der Waals surface area contributed by atoms with Gasteiger partial charge in [0.25, 0.3) is 11.5 Å². The van der Waals surface area contributed by atoms with Crippen LogP contribution in [0.2, 0.25) is 0 Å². The molecule has 1 aliphatic rings. The van der Waals surface area contributed by atoms with E-state index < -0.39 is 23.5 Å². The molecule has 0 aliphatic carbocycles. The van der Waals surface area contributed by atoms with Gasteiger partial charge in [-0.3, -0.25) is 19.8 Å². The SMILES string of the molecule is NC(=O)Nc1ccc(C2=NNC(=O)/C2=C\c2c(-c3ccc(NC(N)=O)cc3)[nH][nH]c2=O)cc1. The number of H-pyrrole nitrogens is 2. The number of nitrogens with one attached hydrogen (secondary N) is 5. The Hall–Kier alpha value is -5.13. The van der Waals surface area contributed by atoms with Gasteiger partial charge in [-0.2, -0.15) is 5.10 Å². The maximum absolute atomic E-state index is 12.5. The van der Waals surface area contributed by atoms with Gasteiger partial charge in [-0.05, 0) is 30.3 Å². The molecule has 12 nitrogen and oxygen atoms in total. The standard InChI is InChI=1S/C21H18N8O4/c22-20(32)24-12-5-1-10(2-6-12)16-14(18(30)28-26-16)9-15-17(27-29-19(15)31)11-3-7-13(8-4-11)25-21(23)33/h1-9H,(H,28,30)(H3,22,24,32)(H3,23,25,33)(H2,27,29,31)/b14-9-. The van der Waals surface area contributed by atoms with Crippen LogP contribution in [-0.2, 0) is 4.79 Å². The van der Waals surface area contributed by atoms with Gasteiger partial charge in [0.15, 0.2) is 0 Å². The third-order valence-corrected chi connectivity index (χ3v) is 4.74. The highest BCUT2D eigenvalue weighted by Crippen LogP contribution is 2.25. The maximum atomic E-state index is 12.5. The van der Waals surface area contributed by atoms with Crippen molar-refractivity contribution in [2.75, 3.05) is 10.6 Å². The average molecular weight is 446 g/mol. The monoisotopic (exact) mass is 446 g/mol. The topological polar surface area (TPSA) is 200 Å². The van der Waals surface area contributed by atoms with Crippen molar-refractivity contribution in [1.29, 1.82) is 0 Å². The van der Waals surface area contributed by atoms with E-state index in [1.54, 1.807) is 48.5 Å². The van der Waals surface area contributed by atoms with Crippen molar-refractivity contribution in [1.82, 2.24) is 15.6 Å². The average Bonchev–Trinajstić information content (AvgIpc) is 3.32. The number of nitrogens with two attached hydrogens (primary N) is 2. The number of amides is 5. The minimum absolute atomic E-state index is 0.184. The van der Waals surface area contributed by atoms with Crippen molar-refractivity contribution in [2.45, 2.75) is 0 Å². The van der Waals surface area contributed by atoms with Gasteiger partial charge in [-0.1, -0.05) is 24.3 Å². The number of rotatable bonds is 5. The number of nitrogens with zero attached hydrogens (tertiary/aromatic N) is 1. The van der Waals surface area contributed by atoms with E-state index in [9.17, 15) is 19.2 Å². The van der Waals surface area contributed by atoms with E-state index in [1.807, 2.05) is 0 Å². The molecule has 2 aromatic carbocycles. The quantitative estimate of drug-likeness (QED) is 0.289. The summed E-state index contributed by atoms with van der Waals surface area (Å²) in [6.07, 6.45) is 1.44. The van der Waals surface area contributed by atoms with E-state index in [-0.39, 0.29) is 11.1 Å². The van der Waals surface area contributed by atoms with Crippen LogP contribution in [0.5, 0.6) is 0 Å². The molecule has 0 saturated carbocycles. The van der Waals surface area contributed by atoms with E-state index in [2.05, 4.69) is 31.4 Å². The van der Waals surface area contributed by atoms with Gasteiger partial charge >= 0.3 is 12.1 Å². The number of aromatic nitrogens is 2. The van der Waals surface area contributed by atoms with Crippen molar-refractivity contribution in [3.63, 3.8) is 0 Å². The van der Waals surface area contributed by atoms with Crippen LogP contribution in [-0.4, -0.2) is 33.9 Å². The third kappa shape index (κ3) is 4.49. The molecule has 2 heterocycles. The summed E-state index contributed by atoms with van der Waals surface area (Å²) in [5.41, 5.74) is 15.6. The number of aromatic amines is 2. The number of urea groups is 2. The first kappa shape index (κ1) is 21.1. The van der Waals surface area contributed by atoms with Crippen LogP contribution < -0.4 is 33.1 Å². The van der Waals surface area contributed by atoms with Crippen molar-refractivity contribution < 1.29 is 14.4 Å². The van der Waals surface area contributed by atoms with Gasteiger partial charge in [-0.15, -0.1) is 0 Å². The maximum Gasteiger partial charge on any atom is 0.316 e. The fourth-order valence-electron chi connectivity index (χ4n) is 3.28. The number of carbonyl (C=O) groups excluding carboxylic acids is 3. The zero-order valence-corrected chi connectivity index (χ0v) is 16.9. The molecule has 166 valence electrons.